The van der Waals surface area contributed by atoms with Gasteiger partial charge >= 0.3 is 0 Å². The molecule has 0 aliphatic rings. The van der Waals surface area contributed by atoms with Gasteiger partial charge in [-0.1, -0.05) is 42.5 Å². The van der Waals surface area contributed by atoms with Crippen LogP contribution in [0.5, 0.6) is 0 Å². The van der Waals surface area contributed by atoms with Crippen molar-refractivity contribution in [3.63, 3.8) is 0 Å². The number of aromatic nitrogens is 5. The molecule has 0 atom stereocenters. The summed E-state index contributed by atoms with van der Waals surface area (Å²) in [5, 5.41) is 0. The van der Waals surface area contributed by atoms with Crippen LogP contribution < -0.4 is 0 Å². The lowest BCUT2D eigenvalue weighted by Gasteiger charge is -2.12. The Bertz CT molecular complexity index is 1680. The third-order valence-corrected chi connectivity index (χ3v) is 7.14. The van der Waals surface area contributed by atoms with E-state index >= 15 is 0 Å². The van der Waals surface area contributed by atoms with Crippen LogP contribution in [0.3, 0.4) is 0 Å². The number of nitrogens with zero attached hydrogens (tertiary/aromatic N) is 5. The summed E-state index contributed by atoms with van der Waals surface area (Å²) in [5.74, 6) is 0. The van der Waals surface area contributed by atoms with Gasteiger partial charge in [-0.25, -0.2) is 4.98 Å². The normalized spacial score (nSPS) is 10.9. The predicted molar refractivity (Wildman–Crippen MR) is 168 cm³/mol. The van der Waals surface area contributed by atoms with Crippen LogP contribution in [0.25, 0.3) is 67.4 Å². The molecule has 5 aromatic heterocycles. The monoisotopic (exact) mass is 539 g/mol. The molecule has 2 aromatic carbocycles. The second-order valence-corrected chi connectivity index (χ2v) is 9.88. The van der Waals surface area contributed by atoms with Crippen LogP contribution in [0, 0.1) is 0 Å². The minimum atomic E-state index is 0.808. The molecule has 0 radical (unpaired) electrons. The zero-order valence-electron chi connectivity index (χ0n) is 22.7. The highest BCUT2D eigenvalue weighted by molar-refractivity contribution is 5.82. The number of hydrogen-bond acceptors (Lipinski definition) is 5. The van der Waals surface area contributed by atoms with E-state index in [0.717, 1.165) is 67.4 Å². The van der Waals surface area contributed by atoms with E-state index in [1.54, 1.807) is 12.4 Å². The van der Waals surface area contributed by atoms with Crippen molar-refractivity contribution in [1.29, 1.82) is 0 Å². The zero-order chi connectivity index (χ0) is 28.1. The van der Waals surface area contributed by atoms with Gasteiger partial charge in [-0.05, 0) is 112 Å². The largest absolute Gasteiger partial charge is 0.265 e. The molecular formula is C37H25N5. The van der Waals surface area contributed by atoms with Crippen molar-refractivity contribution in [3.05, 3.63) is 152 Å². The molecule has 0 amide bonds. The van der Waals surface area contributed by atoms with Gasteiger partial charge in [0.1, 0.15) is 0 Å². The topological polar surface area (TPSA) is 64.5 Å². The molecular weight excluding hydrogens is 514 g/mol. The van der Waals surface area contributed by atoms with Gasteiger partial charge in [0.25, 0.3) is 0 Å². The van der Waals surface area contributed by atoms with Crippen molar-refractivity contribution in [3.8, 4) is 67.4 Å². The molecule has 0 saturated heterocycles. The molecule has 0 N–H and O–H groups in total. The van der Waals surface area contributed by atoms with Crippen molar-refractivity contribution in [2.75, 3.05) is 0 Å². The Morgan fingerprint density at radius 3 is 1.19 bits per heavy atom. The Labute approximate surface area is 244 Å². The smallest absolute Gasteiger partial charge is 0.0900 e. The quantitative estimate of drug-likeness (QED) is 0.212. The summed E-state index contributed by atoms with van der Waals surface area (Å²) in [6, 6.07) is 41.3. The summed E-state index contributed by atoms with van der Waals surface area (Å²) < 4.78 is 0. The second kappa shape index (κ2) is 11.4. The first-order valence-corrected chi connectivity index (χ1v) is 13.7. The van der Waals surface area contributed by atoms with Crippen LogP contribution >= 0.6 is 0 Å². The van der Waals surface area contributed by atoms with Crippen LogP contribution in [-0.4, -0.2) is 24.9 Å². The number of benzene rings is 2. The van der Waals surface area contributed by atoms with Crippen LogP contribution in [-0.2, 0) is 0 Å². The van der Waals surface area contributed by atoms with Crippen molar-refractivity contribution >= 4 is 0 Å². The fraction of sp³-hybridized carbons (Fsp3) is 0. The molecule has 5 heteroatoms. The molecule has 0 bridgehead atoms. The van der Waals surface area contributed by atoms with E-state index in [9.17, 15) is 0 Å². The fourth-order valence-electron chi connectivity index (χ4n) is 5.03. The van der Waals surface area contributed by atoms with Crippen LogP contribution in [0.1, 0.15) is 0 Å². The average molecular weight is 540 g/mol. The molecule has 0 unspecified atom stereocenters. The summed E-state index contributed by atoms with van der Waals surface area (Å²) in [6.07, 6.45) is 9.06. The Kier molecular flexibility index (Phi) is 6.81. The van der Waals surface area contributed by atoms with Gasteiger partial charge < -0.3 is 0 Å². The first-order valence-electron chi connectivity index (χ1n) is 13.7. The van der Waals surface area contributed by atoms with Crippen molar-refractivity contribution < 1.29 is 0 Å². The van der Waals surface area contributed by atoms with E-state index < -0.39 is 0 Å². The first-order chi connectivity index (χ1) is 20.8. The standard InChI is InChI=1S/C37H25N5/c1-4-16-39-33(7-1)32-22-29(21-30(23-32)28-14-19-38-20-15-28)26-10-12-27(13-11-26)31-24-36(34-8-2-5-17-40-34)42-37(25-31)35-9-3-6-18-41-35/h1-25H. The predicted octanol–water partition coefficient (Wildman–Crippen LogP) is 8.66. The molecule has 0 aliphatic carbocycles. The van der Waals surface area contributed by atoms with Gasteiger partial charge in [0.2, 0.25) is 0 Å². The lowest BCUT2D eigenvalue weighted by Crippen LogP contribution is -1.94. The van der Waals surface area contributed by atoms with Gasteiger partial charge in [0, 0.05) is 36.5 Å². The molecule has 0 aliphatic heterocycles. The molecule has 0 saturated carbocycles. The molecule has 198 valence electrons. The van der Waals surface area contributed by atoms with E-state index in [-0.39, 0.29) is 0 Å². The minimum Gasteiger partial charge on any atom is -0.265 e. The Hall–Kier alpha value is -5.81. The van der Waals surface area contributed by atoms with E-state index in [4.69, 9.17) is 4.98 Å². The highest BCUT2D eigenvalue weighted by Gasteiger charge is 2.12. The van der Waals surface area contributed by atoms with Crippen molar-refractivity contribution in [2.24, 2.45) is 0 Å². The molecule has 0 fully saturated rings. The van der Waals surface area contributed by atoms with Gasteiger partial charge in [-0.15, -0.1) is 0 Å². The summed E-state index contributed by atoms with van der Waals surface area (Å²) in [7, 11) is 0. The van der Waals surface area contributed by atoms with Crippen LogP contribution in [0.2, 0.25) is 0 Å². The lowest BCUT2D eigenvalue weighted by molar-refractivity contribution is 1.22. The maximum Gasteiger partial charge on any atom is 0.0900 e. The van der Waals surface area contributed by atoms with Gasteiger partial charge in [-0.3, -0.25) is 19.9 Å². The van der Waals surface area contributed by atoms with E-state index in [0.29, 0.717) is 0 Å². The highest BCUT2D eigenvalue weighted by atomic mass is 14.8. The minimum absolute atomic E-state index is 0.808. The van der Waals surface area contributed by atoms with Crippen LogP contribution in [0.4, 0.5) is 0 Å². The average Bonchev–Trinajstić information content (AvgIpc) is 3.09. The summed E-state index contributed by atoms with van der Waals surface area (Å²) >= 11 is 0. The summed E-state index contributed by atoms with van der Waals surface area (Å²) in [4.78, 5) is 22.8. The van der Waals surface area contributed by atoms with Crippen molar-refractivity contribution in [2.45, 2.75) is 0 Å². The Morgan fingerprint density at radius 2 is 0.714 bits per heavy atom. The molecule has 7 rings (SSSR count). The van der Waals surface area contributed by atoms with E-state index in [2.05, 4.69) is 74.5 Å². The molecule has 42 heavy (non-hydrogen) atoms. The van der Waals surface area contributed by atoms with Crippen LogP contribution in [0.15, 0.2) is 152 Å². The molecule has 5 nitrogen and oxygen atoms in total. The Balaban J connectivity index is 1.31. The third kappa shape index (κ3) is 5.31. The zero-order valence-corrected chi connectivity index (χ0v) is 22.7. The SMILES string of the molecule is c1ccc(-c2cc(-c3ccncc3)cc(-c3ccc(-c4cc(-c5ccccn5)nc(-c5ccccn5)c4)cc3)c2)nc1. The van der Waals surface area contributed by atoms with E-state index in [1.165, 1.54) is 0 Å². The number of pyridine rings is 5. The molecule has 7 aromatic rings. The summed E-state index contributed by atoms with van der Waals surface area (Å²) in [5.41, 5.74) is 11.9. The molecule has 0 spiro atoms. The number of rotatable bonds is 6. The third-order valence-electron chi connectivity index (χ3n) is 7.14. The van der Waals surface area contributed by atoms with Gasteiger partial charge in [-0.2, -0.15) is 0 Å². The fourth-order valence-corrected chi connectivity index (χ4v) is 5.03. The Morgan fingerprint density at radius 1 is 0.286 bits per heavy atom. The maximum absolute atomic E-state index is 4.91. The second-order valence-electron chi connectivity index (χ2n) is 9.88. The lowest BCUT2D eigenvalue weighted by atomic mass is 9.94. The summed E-state index contributed by atoms with van der Waals surface area (Å²) in [6.45, 7) is 0. The van der Waals surface area contributed by atoms with E-state index in [1.807, 2.05) is 85.3 Å². The number of hydrogen-bond donors (Lipinski definition) is 0. The first kappa shape index (κ1) is 25.2. The highest BCUT2D eigenvalue weighted by Crippen LogP contribution is 2.34. The maximum atomic E-state index is 4.91. The van der Waals surface area contributed by atoms with Gasteiger partial charge in [0.05, 0.1) is 28.5 Å². The van der Waals surface area contributed by atoms with Gasteiger partial charge in [0.15, 0.2) is 0 Å². The van der Waals surface area contributed by atoms with Crippen molar-refractivity contribution in [1.82, 2.24) is 24.9 Å². The molecule has 5 heterocycles.